The van der Waals surface area contributed by atoms with Gasteiger partial charge in [0.1, 0.15) is 5.71 Å². The highest BCUT2D eigenvalue weighted by Gasteiger charge is 2.36. The molecule has 1 atom stereocenters. The second-order valence-corrected chi connectivity index (χ2v) is 6.78. The summed E-state index contributed by atoms with van der Waals surface area (Å²) in [6.07, 6.45) is 2.34. The number of carboxylic acid groups (broad SMARTS) is 1. The average Bonchev–Trinajstić information content (AvgIpc) is 3.27. The number of carbonyl (C=O) groups is 2. The highest BCUT2D eigenvalue weighted by molar-refractivity contribution is 6.44. The zero-order valence-corrected chi connectivity index (χ0v) is 15.0. The van der Waals surface area contributed by atoms with Crippen LogP contribution in [0.2, 0.25) is 0 Å². The van der Waals surface area contributed by atoms with E-state index in [9.17, 15) is 14.7 Å². The van der Waals surface area contributed by atoms with Crippen LogP contribution in [-0.4, -0.2) is 38.5 Å². The summed E-state index contributed by atoms with van der Waals surface area (Å²) in [5, 5.41) is 22.4. The van der Waals surface area contributed by atoms with E-state index in [-0.39, 0.29) is 12.1 Å². The van der Waals surface area contributed by atoms with Gasteiger partial charge in [-0.1, -0.05) is 18.2 Å². The summed E-state index contributed by atoms with van der Waals surface area (Å²) in [5.74, 6) is -0.423. The molecule has 1 fully saturated rings. The number of nitrogens with zero attached hydrogens (tertiary/aromatic N) is 4. The molecule has 2 aromatic rings. The monoisotopic (exact) mass is 367 g/mol. The van der Waals surface area contributed by atoms with Gasteiger partial charge >= 0.3 is 5.97 Å². The third-order valence-electron chi connectivity index (χ3n) is 4.83. The van der Waals surface area contributed by atoms with Crippen LogP contribution in [0.4, 0.5) is 11.5 Å². The highest BCUT2D eigenvalue weighted by atomic mass is 16.4. The molecule has 8 heteroatoms. The van der Waals surface area contributed by atoms with Crippen molar-refractivity contribution in [1.29, 1.82) is 0 Å². The standard InChI is InChI=1S/C19H21N5O3/c1-2-23-15(12-8-9-12)11-17(22-23)20-18(25)14-10-16(19(26)27)24(21-14)13-6-4-3-5-7-13/h3-7,11-12,16H,2,8-10H2,1H3,(H,26,27)(H,20,22,25). The summed E-state index contributed by atoms with van der Waals surface area (Å²) < 4.78 is 1.90. The van der Waals surface area contributed by atoms with Gasteiger partial charge in [-0.25, -0.2) is 4.79 Å². The molecule has 4 rings (SSSR count). The number of carboxylic acids is 1. The summed E-state index contributed by atoms with van der Waals surface area (Å²) in [6, 6.07) is 9.99. The van der Waals surface area contributed by atoms with Gasteiger partial charge in [0.2, 0.25) is 0 Å². The molecule has 0 saturated heterocycles. The molecule has 27 heavy (non-hydrogen) atoms. The number of aromatic nitrogens is 2. The molecule has 1 unspecified atom stereocenters. The van der Waals surface area contributed by atoms with E-state index in [4.69, 9.17) is 0 Å². The van der Waals surface area contributed by atoms with Crippen molar-refractivity contribution in [1.82, 2.24) is 9.78 Å². The van der Waals surface area contributed by atoms with Gasteiger partial charge in [0.15, 0.2) is 11.9 Å². The summed E-state index contributed by atoms with van der Waals surface area (Å²) >= 11 is 0. The number of hydrogen-bond acceptors (Lipinski definition) is 5. The van der Waals surface area contributed by atoms with Crippen molar-refractivity contribution in [3.8, 4) is 0 Å². The van der Waals surface area contributed by atoms with E-state index in [1.54, 1.807) is 24.3 Å². The minimum Gasteiger partial charge on any atom is -0.480 e. The normalized spacial score (nSPS) is 19.1. The van der Waals surface area contributed by atoms with Crippen LogP contribution in [0.1, 0.15) is 37.8 Å². The Morgan fingerprint density at radius 3 is 2.63 bits per heavy atom. The molecule has 0 radical (unpaired) electrons. The second kappa shape index (κ2) is 6.86. The zero-order valence-electron chi connectivity index (χ0n) is 15.0. The lowest BCUT2D eigenvalue weighted by Crippen LogP contribution is -2.34. The fraction of sp³-hybridized carbons (Fsp3) is 0.368. The molecular formula is C19H21N5O3. The van der Waals surface area contributed by atoms with E-state index in [2.05, 4.69) is 15.5 Å². The van der Waals surface area contributed by atoms with Crippen LogP contribution in [0, 0.1) is 0 Å². The number of amides is 1. The van der Waals surface area contributed by atoms with Gasteiger partial charge < -0.3 is 10.4 Å². The van der Waals surface area contributed by atoms with E-state index in [0.717, 1.165) is 25.1 Å². The van der Waals surface area contributed by atoms with Crippen LogP contribution < -0.4 is 10.3 Å². The van der Waals surface area contributed by atoms with Gasteiger partial charge in [-0.15, -0.1) is 0 Å². The molecule has 1 amide bonds. The first kappa shape index (κ1) is 17.3. The van der Waals surface area contributed by atoms with Gasteiger partial charge in [-0.05, 0) is 31.9 Å². The molecule has 2 aliphatic rings. The Bertz CT molecular complexity index is 901. The summed E-state index contributed by atoms with van der Waals surface area (Å²) in [5.41, 5.74) is 1.96. The van der Waals surface area contributed by atoms with Crippen molar-refractivity contribution in [2.75, 3.05) is 10.3 Å². The molecule has 1 aromatic carbocycles. The molecule has 2 N–H and O–H groups in total. The first-order valence-corrected chi connectivity index (χ1v) is 9.10. The van der Waals surface area contributed by atoms with Crippen LogP contribution in [0.15, 0.2) is 41.5 Å². The van der Waals surface area contributed by atoms with Crippen LogP contribution in [-0.2, 0) is 16.1 Å². The number of carbonyl (C=O) groups excluding carboxylic acids is 1. The Labute approximate surface area is 156 Å². The number of hydrazone groups is 1. The third kappa shape index (κ3) is 3.42. The van der Waals surface area contributed by atoms with E-state index in [0.29, 0.717) is 17.4 Å². The summed E-state index contributed by atoms with van der Waals surface area (Å²) in [7, 11) is 0. The molecule has 1 aliphatic carbocycles. The Kier molecular flexibility index (Phi) is 4.39. The fourth-order valence-electron chi connectivity index (χ4n) is 3.30. The SMILES string of the molecule is CCn1nc(NC(=O)C2=NN(c3ccccc3)C(C(=O)O)C2)cc1C1CC1. The molecule has 8 nitrogen and oxygen atoms in total. The molecule has 0 bridgehead atoms. The topological polar surface area (TPSA) is 99.8 Å². The van der Waals surface area contributed by atoms with E-state index in [1.807, 2.05) is 23.7 Å². The van der Waals surface area contributed by atoms with E-state index < -0.39 is 17.9 Å². The van der Waals surface area contributed by atoms with Gasteiger partial charge in [0.05, 0.1) is 5.69 Å². The maximum Gasteiger partial charge on any atom is 0.328 e. The smallest absolute Gasteiger partial charge is 0.328 e. The molecule has 2 heterocycles. The number of aliphatic carboxylic acids is 1. The van der Waals surface area contributed by atoms with Crippen molar-refractivity contribution >= 4 is 29.1 Å². The lowest BCUT2D eigenvalue weighted by molar-refractivity contribution is -0.138. The fourth-order valence-corrected chi connectivity index (χ4v) is 3.30. The quantitative estimate of drug-likeness (QED) is 0.817. The maximum atomic E-state index is 12.6. The number of hydrogen-bond donors (Lipinski definition) is 2. The molecule has 1 aliphatic heterocycles. The van der Waals surface area contributed by atoms with Crippen molar-refractivity contribution < 1.29 is 14.7 Å². The minimum atomic E-state index is -1.02. The van der Waals surface area contributed by atoms with E-state index in [1.165, 1.54) is 5.01 Å². The Balaban J connectivity index is 1.54. The zero-order chi connectivity index (χ0) is 19.0. The van der Waals surface area contributed by atoms with Crippen LogP contribution in [0.5, 0.6) is 0 Å². The largest absolute Gasteiger partial charge is 0.480 e. The van der Waals surface area contributed by atoms with Crippen LogP contribution in [0.3, 0.4) is 0 Å². The number of nitrogens with one attached hydrogen (secondary N) is 1. The highest BCUT2D eigenvalue weighted by Crippen LogP contribution is 2.40. The van der Waals surface area contributed by atoms with Gasteiger partial charge in [0, 0.05) is 30.6 Å². The molecular weight excluding hydrogens is 346 g/mol. The number of benzene rings is 1. The number of aryl methyl sites for hydroxylation is 1. The number of para-hydroxylation sites is 1. The Morgan fingerprint density at radius 2 is 2.00 bits per heavy atom. The van der Waals surface area contributed by atoms with Crippen molar-refractivity contribution in [3.63, 3.8) is 0 Å². The second-order valence-electron chi connectivity index (χ2n) is 6.78. The predicted octanol–water partition coefficient (Wildman–Crippen LogP) is 2.44. The molecule has 1 aromatic heterocycles. The van der Waals surface area contributed by atoms with Crippen molar-refractivity contribution in [3.05, 3.63) is 42.1 Å². The third-order valence-corrected chi connectivity index (χ3v) is 4.83. The molecule has 1 saturated carbocycles. The van der Waals surface area contributed by atoms with Crippen molar-refractivity contribution in [2.45, 2.75) is 44.7 Å². The first-order valence-electron chi connectivity index (χ1n) is 9.10. The van der Waals surface area contributed by atoms with Crippen LogP contribution >= 0.6 is 0 Å². The van der Waals surface area contributed by atoms with Crippen molar-refractivity contribution in [2.24, 2.45) is 5.10 Å². The van der Waals surface area contributed by atoms with E-state index >= 15 is 0 Å². The maximum absolute atomic E-state index is 12.6. The number of rotatable bonds is 6. The first-order chi connectivity index (χ1) is 13.1. The predicted molar refractivity (Wildman–Crippen MR) is 101 cm³/mol. The lowest BCUT2D eigenvalue weighted by Gasteiger charge is -2.19. The Morgan fingerprint density at radius 1 is 1.26 bits per heavy atom. The van der Waals surface area contributed by atoms with Gasteiger partial charge in [0.25, 0.3) is 5.91 Å². The van der Waals surface area contributed by atoms with Gasteiger partial charge in [-0.2, -0.15) is 10.2 Å². The molecule has 140 valence electrons. The minimum absolute atomic E-state index is 0.0417. The van der Waals surface area contributed by atoms with Gasteiger partial charge in [-0.3, -0.25) is 14.5 Å². The number of anilines is 2. The Hall–Kier alpha value is -3.16. The summed E-state index contributed by atoms with van der Waals surface area (Å²) in [4.78, 5) is 24.3. The van der Waals surface area contributed by atoms with Crippen LogP contribution in [0.25, 0.3) is 0 Å². The molecule has 0 spiro atoms. The average molecular weight is 367 g/mol. The lowest BCUT2D eigenvalue weighted by atomic mass is 10.1. The summed E-state index contributed by atoms with van der Waals surface area (Å²) in [6.45, 7) is 2.76.